The van der Waals surface area contributed by atoms with Gasteiger partial charge in [0.15, 0.2) is 0 Å². The molecule has 116 valence electrons. The third-order valence-electron chi connectivity index (χ3n) is 3.41. The second kappa shape index (κ2) is 6.33. The van der Waals surface area contributed by atoms with Gasteiger partial charge in [-0.15, -0.1) is 0 Å². The number of nitrogen functional groups attached to an aromatic ring is 1. The fourth-order valence-electron chi connectivity index (χ4n) is 2.40. The molecule has 0 bridgehead atoms. The van der Waals surface area contributed by atoms with E-state index in [0.29, 0.717) is 37.2 Å². The number of piperidine rings is 1. The molecule has 0 aliphatic carbocycles. The lowest BCUT2D eigenvalue weighted by atomic mass is 10.0. The van der Waals surface area contributed by atoms with Crippen LogP contribution in [-0.4, -0.2) is 44.6 Å². The molecule has 3 N–H and O–H groups in total. The minimum absolute atomic E-state index is 0.105. The number of nitrogens with two attached hydrogens (primary N) is 1. The van der Waals surface area contributed by atoms with Crippen molar-refractivity contribution in [1.82, 2.24) is 9.62 Å². The van der Waals surface area contributed by atoms with Crippen molar-refractivity contribution in [3.05, 3.63) is 28.2 Å². The third-order valence-corrected chi connectivity index (χ3v) is 4.66. The quantitative estimate of drug-likeness (QED) is 0.775. The number of carbonyl (C=O) groups is 1. The van der Waals surface area contributed by atoms with Crippen LogP contribution in [0.25, 0.3) is 0 Å². The predicted molar refractivity (Wildman–Crippen MR) is 85.5 cm³/mol. The van der Waals surface area contributed by atoms with Crippen molar-refractivity contribution in [2.24, 2.45) is 0 Å². The van der Waals surface area contributed by atoms with E-state index < -0.39 is 10.0 Å². The standard InChI is InChI=1S/C13H18BrN3O3S/c1-21(19,20)16-10-4-6-17(7-5-10)13(18)11-3-2-9(14)8-12(11)15/h2-3,8,10,16H,4-7,15H2,1H3. The Morgan fingerprint density at radius 1 is 1.38 bits per heavy atom. The number of sulfonamides is 1. The summed E-state index contributed by atoms with van der Waals surface area (Å²) in [6, 6.07) is 5.07. The summed E-state index contributed by atoms with van der Waals surface area (Å²) in [5.74, 6) is -0.113. The van der Waals surface area contributed by atoms with Gasteiger partial charge in [-0.2, -0.15) is 0 Å². The Morgan fingerprint density at radius 2 is 2.00 bits per heavy atom. The summed E-state index contributed by atoms with van der Waals surface area (Å²) in [6.45, 7) is 1.03. The Labute approximate surface area is 132 Å². The summed E-state index contributed by atoms with van der Waals surface area (Å²) in [5, 5.41) is 0. The minimum atomic E-state index is -3.20. The first-order valence-corrected chi connectivity index (χ1v) is 9.26. The first-order chi connectivity index (χ1) is 9.76. The van der Waals surface area contributed by atoms with Crippen LogP contribution in [0.2, 0.25) is 0 Å². The van der Waals surface area contributed by atoms with E-state index in [9.17, 15) is 13.2 Å². The van der Waals surface area contributed by atoms with E-state index in [1.165, 1.54) is 0 Å². The fraction of sp³-hybridized carbons (Fsp3) is 0.462. The van der Waals surface area contributed by atoms with E-state index in [1.807, 2.05) is 0 Å². The first-order valence-electron chi connectivity index (χ1n) is 6.58. The maximum Gasteiger partial charge on any atom is 0.255 e. The van der Waals surface area contributed by atoms with Crippen LogP contribution in [0.1, 0.15) is 23.2 Å². The van der Waals surface area contributed by atoms with E-state index in [0.717, 1.165) is 10.7 Å². The highest BCUT2D eigenvalue weighted by Gasteiger charge is 2.26. The van der Waals surface area contributed by atoms with E-state index in [-0.39, 0.29) is 11.9 Å². The molecule has 1 aromatic carbocycles. The summed E-state index contributed by atoms with van der Waals surface area (Å²) in [7, 11) is -3.20. The van der Waals surface area contributed by atoms with Crippen LogP contribution >= 0.6 is 15.9 Å². The second-order valence-electron chi connectivity index (χ2n) is 5.19. The molecule has 1 amide bonds. The number of anilines is 1. The largest absolute Gasteiger partial charge is 0.398 e. The maximum atomic E-state index is 12.4. The number of benzene rings is 1. The highest BCUT2D eigenvalue weighted by Crippen LogP contribution is 2.22. The van der Waals surface area contributed by atoms with Crippen molar-refractivity contribution < 1.29 is 13.2 Å². The van der Waals surface area contributed by atoms with Gasteiger partial charge < -0.3 is 10.6 Å². The summed E-state index contributed by atoms with van der Waals surface area (Å²) in [6.07, 6.45) is 2.36. The minimum Gasteiger partial charge on any atom is -0.398 e. The van der Waals surface area contributed by atoms with Gasteiger partial charge in [0, 0.05) is 29.3 Å². The molecule has 0 aromatic heterocycles. The lowest BCUT2D eigenvalue weighted by molar-refractivity contribution is 0.0712. The lowest BCUT2D eigenvalue weighted by Crippen LogP contribution is -2.46. The van der Waals surface area contributed by atoms with E-state index in [4.69, 9.17) is 5.73 Å². The molecular formula is C13H18BrN3O3S. The molecule has 2 rings (SSSR count). The van der Waals surface area contributed by atoms with Crippen LogP contribution < -0.4 is 10.5 Å². The fourth-order valence-corrected chi connectivity index (χ4v) is 3.62. The number of halogens is 1. The number of hydrogen-bond donors (Lipinski definition) is 2. The van der Waals surface area contributed by atoms with Crippen molar-refractivity contribution in [2.75, 3.05) is 25.1 Å². The Bertz CT molecular complexity index is 640. The van der Waals surface area contributed by atoms with Gasteiger partial charge in [0.2, 0.25) is 10.0 Å². The van der Waals surface area contributed by atoms with E-state index >= 15 is 0 Å². The molecule has 1 aromatic rings. The number of nitrogens with zero attached hydrogens (tertiary/aromatic N) is 1. The number of rotatable bonds is 3. The van der Waals surface area contributed by atoms with Crippen LogP contribution in [0, 0.1) is 0 Å². The molecule has 21 heavy (non-hydrogen) atoms. The zero-order chi connectivity index (χ0) is 15.6. The third kappa shape index (κ3) is 4.42. The van der Waals surface area contributed by atoms with E-state index in [2.05, 4.69) is 20.7 Å². The predicted octanol–water partition coefficient (Wildman–Crippen LogP) is 1.19. The van der Waals surface area contributed by atoms with Crippen molar-refractivity contribution in [1.29, 1.82) is 0 Å². The molecule has 6 nitrogen and oxygen atoms in total. The molecule has 1 fully saturated rings. The molecule has 1 saturated heterocycles. The number of amides is 1. The van der Waals surface area contributed by atoms with Gasteiger partial charge in [-0.1, -0.05) is 15.9 Å². The smallest absolute Gasteiger partial charge is 0.255 e. The van der Waals surface area contributed by atoms with Gasteiger partial charge in [0.25, 0.3) is 5.91 Å². The first kappa shape index (κ1) is 16.3. The number of likely N-dealkylation sites (tertiary alicyclic amines) is 1. The van der Waals surface area contributed by atoms with Crippen LogP contribution in [0.5, 0.6) is 0 Å². The zero-order valence-electron chi connectivity index (χ0n) is 11.7. The summed E-state index contributed by atoms with van der Waals surface area (Å²) in [5.41, 5.74) is 6.79. The summed E-state index contributed by atoms with van der Waals surface area (Å²) < 4.78 is 25.8. The van der Waals surface area contributed by atoms with Crippen molar-refractivity contribution in [3.63, 3.8) is 0 Å². The van der Waals surface area contributed by atoms with Crippen molar-refractivity contribution >= 4 is 37.5 Å². The van der Waals surface area contributed by atoms with E-state index in [1.54, 1.807) is 23.1 Å². The molecule has 0 spiro atoms. The topological polar surface area (TPSA) is 92.5 Å². The molecular weight excluding hydrogens is 358 g/mol. The van der Waals surface area contributed by atoms with Gasteiger partial charge >= 0.3 is 0 Å². The van der Waals surface area contributed by atoms with Crippen LogP contribution in [0.4, 0.5) is 5.69 Å². The molecule has 1 aliphatic heterocycles. The van der Waals surface area contributed by atoms with Crippen LogP contribution in [0.3, 0.4) is 0 Å². The van der Waals surface area contributed by atoms with Gasteiger partial charge in [-0.05, 0) is 31.0 Å². The molecule has 1 aliphatic rings. The average Bonchev–Trinajstić information content (AvgIpc) is 2.37. The summed E-state index contributed by atoms with van der Waals surface area (Å²) >= 11 is 3.31. The van der Waals surface area contributed by atoms with Crippen molar-refractivity contribution in [2.45, 2.75) is 18.9 Å². The zero-order valence-corrected chi connectivity index (χ0v) is 14.1. The lowest BCUT2D eigenvalue weighted by Gasteiger charge is -2.32. The monoisotopic (exact) mass is 375 g/mol. The van der Waals surface area contributed by atoms with Crippen LogP contribution in [0.15, 0.2) is 22.7 Å². The SMILES string of the molecule is CS(=O)(=O)NC1CCN(C(=O)c2ccc(Br)cc2N)CC1. The highest BCUT2D eigenvalue weighted by atomic mass is 79.9. The van der Waals surface area contributed by atoms with Gasteiger partial charge in [-0.3, -0.25) is 4.79 Å². The Morgan fingerprint density at radius 3 is 2.52 bits per heavy atom. The Hall–Kier alpha value is -1.12. The van der Waals surface area contributed by atoms with Gasteiger partial charge in [-0.25, -0.2) is 13.1 Å². The average molecular weight is 376 g/mol. The van der Waals surface area contributed by atoms with Crippen molar-refractivity contribution in [3.8, 4) is 0 Å². The highest BCUT2D eigenvalue weighted by molar-refractivity contribution is 9.10. The molecule has 8 heteroatoms. The number of hydrogen-bond acceptors (Lipinski definition) is 4. The molecule has 0 radical (unpaired) electrons. The molecule has 0 atom stereocenters. The Kier molecular flexibility index (Phi) is 4.90. The second-order valence-corrected chi connectivity index (χ2v) is 7.88. The normalized spacial score (nSPS) is 17.0. The molecule has 0 saturated carbocycles. The molecule has 0 unspecified atom stereocenters. The van der Waals surface area contributed by atoms with Gasteiger partial charge in [0.1, 0.15) is 0 Å². The molecule has 1 heterocycles. The number of nitrogens with one attached hydrogen (secondary N) is 1. The summed E-state index contributed by atoms with van der Waals surface area (Å²) in [4.78, 5) is 14.1. The Balaban J connectivity index is 2.00. The maximum absolute atomic E-state index is 12.4. The van der Waals surface area contributed by atoms with Gasteiger partial charge in [0.05, 0.1) is 11.8 Å². The van der Waals surface area contributed by atoms with Crippen LogP contribution in [-0.2, 0) is 10.0 Å². The number of carbonyl (C=O) groups excluding carboxylic acids is 1.